The molecule has 12 heteroatoms. The fraction of sp³-hybridized carbons (Fsp3) is 0.182. The first kappa shape index (κ1) is 24.8. The maximum Gasteiger partial charge on any atom is 0.249 e. The summed E-state index contributed by atoms with van der Waals surface area (Å²) in [5.74, 6) is 0.357. The summed E-state index contributed by atoms with van der Waals surface area (Å²) < 4.78 is 55.3. The monoisotopic (exact) mass is 538 g/mol. The van der Waals surface area contributed by atoms with Crippen LogP contribution in [0, 0.1) is 0 Å². The highest BCUT2D eigenvalue weighted by atomic mass is 35.5. The van der Waals surface area contributed by atoms with E-state index in [1.54, 1.807) is 23.7 Å². The van der Waals surface area contributed by atoms with E-state index in [4.69, 9.17) is 11.6 Å². The van der Waals surface area contributed by atoms with Crippen LogP contribution in [0.1, 0.15) is 5.69 Å². The van der Waals surface area contributed by atoms with Gasteiger partial charge < -0.3 is 5.32 Å². The van der Waals surface area contributed by atoms with Crippen LogP contribution in [0.3, 0.4) is 0 Å². The third kappa shape index (κ3) is 6.04. The molecule has 1 aliphatic rings. The third-order valence-electron chi connectivity index (χ3n) is 5.07. The Kier molecular flexibility index (Phi) is 7.70. The van der Waals surface area contributed by atoms with Crippen molar-refractivity contribution in [3.63, 3.8) is 0 Å². The Hall–Kier alpha value is -2.28. The Morgan fingerprint density at radius 1 is 0.941 bits per heavy atom. The minimum Gasteiger partial charge on any atom is -0.379 e. The molecule has 3 aromatic rings. The van der Waals surface area contributed by atoms with Gasteiger partial charge in [0.05, 0.1) is 22.0 Å². The Morgan fingerprint density at radius 2 is 1.65 bits per heavy atom. The van der Waals surface area contributed by atoms with Crippen LogP contribution in [0.4, 0.5) is 5.69 Å². The highest BCUT2D eigenvalue weighted by molar-refractivity contribution is 8.20. The van der Waals surface area contributed by atoms with E-state index in [0.717, 1.165) is 11.4 Å². The number of hydrogen-bond donors (Lipinski definition) is 2. The van der Waals surface area contributed by atoms with Crippen LogP contribution in [0.15, 0.2) is 82.7 Å². The predicted octanol–water partition coefficient (Wildman–Crippen LogP) is 3.32. The largest absolute Gasteiger partial charge is 0.379 e. The SMILES string of the molecule is O=S(=O)(NS1=CCN(S(=O)(=O)c2ccc(Cl)cc2)CC1)c1ccc(NCc2ccccn2)cc1. The number of sulfonamides is 2. The molecule has 4 rings (SSSR count). The summed E-state index contributed by atoms with van der Waals surface area (Å²) in [5.41, 5.74) is 1.65. The number of aromatic nitrogens is 1. The Bertz CT molecular complexity index is 1380. The standard InChI is InChI=1S/C22H23ClN4O4S3/c23-18-4-8-22(9-5-18)34(30,31)27-13-15-32(16-14-27)26-33(28,29)21-10-6-19(7-11-21)25-17-20-3-1-2-12-24-20/h1-12,15,25-26H,13-14,16-17H2. The van der Waals surface area contributed by atoms with E-state index in [-0.39, 0.29) is 22.9 Å². The summed E-state index contributed by atoms with van der Waals surface area (Å²) in [6.07, 6.45) is 1.72. The molecule has 0 bridgehead atoms. The van der Waals surface area contributed by atoms with Crippen molar-refractivity contribution in [2.75, 3.05) is 24.2 Å². The van der Waals surface area contributed by atoms with Crippen LogP contribution in [0.2, 0.25) is 5.02 Å². The predicted molar refractivity (Wildman–Crippen MR) is 137 cm³/mol. The molecular weight excluding hydrogens is 516 g/mol. The fourth-order valence-electron chi connectivity index (χ4n) is 3.23. The molecule has 1 atom stereocenters. The van der Waals surface area contributed by atoms with E-state index in [9.17, 15) is 16.8 Å². The van der Waals surface area contributed by atoms with Gasteiger partial charge in [0.1, 0.15) is 0 Å². The average Bonchev–Trinajstić information content (AvgIpc) is 2.84. The molecule has 0 saturated carbocycles. The van der Waals surface area contributed by atoms with Crippen molar-refractivity contribution in [2.24, 2.45) is 0 Å². The van der Waals surface area contributed by atoms with Crippen LogP contribution in [-0.4, -0.2) is 50.3 Å². The molecular formula is C22H23ClN4O4S3. The van der Waals surface area contributed by atoms with Crippen molar-refractivity contribution in [2.45, 2.75) is 16.3 Å². The molecule has 0 saturated heterocycles. The maximum atomic E-state index is 12.8. The molecule has 34 heavy (non-hydrogen) atoms. The smallest absolute Gasteiger partial charge is 0.249 e. The van der Waals surface area contributed by atoms with Crippen molar-refractivity contribution in [1.29, 1.82) is 0 Å². The van der Waals surface area contributed by atoms with E-state index in [1.807, 2.05) is 18.2 Å². The summed E-state index contributed by atoms with van der Waals surface area (Å²) in [7, 11) is -8.19. The summed E-state index contributed by atoms with van der Waals surface area (Å²) >= 11 is 5.84. The van der Waals surface area contributed by atoms with Crippen molar-refractivity contribution in [1.82, 2.24) is 13.4 Å². The van der Waals surface area contributed by atoms with Gasteiger partial charge in [-0.1, -0.05) is 17.7 Å². The van der Waals surface area contributed by atoms with Gasteiger partial charge in [0.15, 0.2) is 0 Å². The number of nitrogens with zero attached hydrogens (tertiary/aromatic N) is 2. The van der Waals surface area contributed by atoms with Gasteiger partial charge in [-0.25, -0.2) is 16.8 Å². The highest BCUT2D eigenvalue weighted by Crippen LogP contribution is 2.24. The van der Waals surface area contributed by atoms with Crippen LogP contribution in [0.5, 0.6) is 0 Å². The number of anilines is 1. The van der Waals surface area contributed by atoms with Crippen molar-refractivity contribution in [3.8, 4) is 0 Å². The van der Waals surface area contributed by atoms with Gasteiger partial charge in [-0.05, 0) is 66.0 Å². The molecule has 1 unspecified atom stereocenters. The first-order valence-corrected chi connectivity index (χ1v) is 15.0. The minimum atomic E-state index is -3.75. The lowest BCUT2D eigenvalue weighted by Crippen LogP contribution is -2.39. The van der Waals surface area contributed by atoms with E-state index in [2.05, 4.69) is 14.4 Å². The summed E-state index contributed by atoms with van der Waals surface area (Å²) in [5, 5.41) is 5.35. The van der Waals surface area contributed by atoms with Crippen LogP contribution in [-0.2, 0) is 26.6 Å². The molecule has 1 aliphatic heterocycles. The topological polar surface area (TPSA) is 108 Å². The zero-order chi connectivity index (χ0) is 24.2. The summed E-state index contributed by atoms with van der Waals surface area (Å²) in [6.45, 7) is 0.857. The average molecular weight is 539 g/mol. The number of halogens is 1. The molecule has 2 N–H and O–H groups in total. The lowest BCUT2D eigenvalue weighted by molar-refractivity contribution is 0.470. The molecule has 0 aliphatic carbocycles. The Labute approximate surface area is 207 Å². The molecule has 0 amide bonds. The molecule has 2 heterocycles. The van der Waals surface area contributed by atoms with Gasteiger partial charge >= 0.3 is 0 Å². The van der Waals surface area contributed by atoms with Crippen molar-refractivity contribution >= 4 is 53.4 Å². The molecule has 0 fully saturated rings. The first-order valence-electron chi connectivity index (χ1n) is 10.3. The molecule has 8 nitrogen and oxygen atoms in total. The van der Waals surface area contributed by atoms with Gasteiger partial charge in [0.2, 0.25) is 20.0 Å². The van der Waals surface area contributed by atoms with E-state index in [1.165, 1.54) is 40.7 Å². The Morgan fingerprint density at radius 3 is 2.26 bits per heavy atom. The number of benzene rings is 2. The number of nitrogens with one attached hydrogen (secondary N) is 2. The normalized spacial score (nSPS) is 17.1. The van der Waals surface area contributed by atoms with E-state index < -0.39 is 30.7 Å². The van der Waals surface area contributed by atoms with E-state index in [0.29, 0.717) is 17.3 Å². The minimum absolute atomic E-state index is 0.118. The van der Waals surface area contributed by atoms with E-state index >= 15 is 0 Å². The number of hydrogen-bond acceptors (Lipinski definition) is 6. The molecule has 2 aromatic carbocycles. The lowest BCUT2D eigenvalue weighted by atomic mass is 10.3. The maximum absolute atomic E-state index is 12.8. The zero-order valence-corrected chi connectivity index (χ0v) is 21.2. The summed E-state index contributed by atoms with van der Waals surface area (Å²) in [4.78, 5) is 4.54. The quantitative estimate of drug-likeness (QED) is 0.426. The van der Waals surface area contributed by atoms with Gasteiger partial charge in [-0.2, -0.15) is 8.43 Å². The number of rotatable bonds is 8. The molecule has 1 aromatic heterocycles. The van der Waals surface area contributed by atoms with Crippen LogP contribution in [0.25, 0.3) is 0 Å². The molecule has 180 valence electrons. The lowest BCUT2D eigenvalue weighted by Gasteiger charge is -2.26. The molecule has 0 spiro atoms. The fourth-order valence-corrected chi connectivity index (χ4v) is 8.51. The highest BCUT2D eigenvalue weighted by Gasteiger charge is 2.27. The first-order chi connectivity index (χ1) is 16.2. The second-order valence-electron chi connectivity index (χ2n) is 7.40. The number of pyridine rings is 1. The second-order valence-corrected chi connectivity index (χ2v) is 13.5. The van der Waals surface area contributed by atoms with Gasteiger partial charge in [-0.3, -0.25) is 4.98 Å². The second kappa shape index (κ2) is 10.5. The zero-order valence-electron chi connectivity index (χ0n) is 18.0. The van der Waals surface area contributed by atoms with Crippen molar-refractivity contribution in [3.05, 3.63) is 83.6 Å². The van der Waals surface area contributed by atoms with Gasteiger partial charge in [0.25, 0.3) is 0 Å². The molecule has 0 radical (unpaired) electrons. The Balaban J connectivity index is 1.37. The summed E-state index contributed by atoms with van der Waals surface area (Å²) in [6, 6.07) is 18.1. The van der Waals surface area contributed by atoms with Gasteiger partial charge in [0, 0.05) is 35.7 Å². The third-order valence-corrected chi connectivity index (χ3v) is 11.0. The van der Waals surface area contributed by atoms with Gasteiger partial charge in [-0.15, -0.1) is 10.7 Å². The van der Waals surface area contributed by atoms with Crippen LogP contribution >= 0.6 is 22.3 Å². The van der Waals surface area contributed by atoms with Crippen LogP contribution < -0.4 is 9.44 Å². The van der Waals surface area contributed by atoms with Crippen molar-refractivity contribution < 1.29 is 16.8 Å².